The van der Waals surface area contributed by atoms with E-state index in [4.69, 9.17) is 23.2 Å². The second-order valence-corrected chi connectivity index (χ2v) is 8.55. The van der Waals surface area contributed by atoms with E-state index in [1.165, 1.54) is 6.08 Å². The number of benzene rings is 1. The van der Waals surface area contributed by atoms with Crippen molar-refractivity contribution in [1.29, 1.82) is 0 Å². The van der Waals surface area contributed by atoms with Crippen molar-refractivity contribution in [3.05, 3.63) is 70.5 Å². The van der Waals surface area contributed by atoms with E-state index < -0.39 is 12.1 Å². The van der Waals surface area contributed by atoms with Crippen molar-refractivity contribution < 1.29 is 18.0 Å². The highest BCUT2D eigenvalue weighted by molar-refractivity contribution is 6.39. The molecule has 2 N–H and O–H groups in total. The summed E-state index contributed by atoms with van der Waals surface area (Å²) in [6.45, 7) is -0.224. The number of carbonyl (C=O) groups is 1. The van der Waals surface area contributed by atoms with Gasteiger partial charge in [0.15, 0.2) is 11.5 Å². The first-order valence-corrected chi connectivity index (χ1v) is 11.5. The van der Waals surface area contributed by atoms with E-state index >= 15 is 0 Å². The first-order chi connectivity index (χ1) is 17.1. The van der Waals surface area contributed by atoms with E-state index in [9.17, 15) is 18.0 Å². The molecule has 0 bridgehead atoms. The second kappa shape index (κ2) is 10.6. The summed E-state index contributed by atoms with van der Waals surface area (Å²) in [5, 5.41) is 12.1. The first kappa shape index (κ1) is 25.5. The number of alkyl halides is 3. The monoisotopic (exact) mass is 537 g/mol. The third kappa shape index (κ3) is 5.80. The van der Waals surface area contributed by atoms with Crippen LogP contribution >= 0.6 is 23.2 Å². The largest absolute Gasteiger partial charge is 0.471 e. The molecule has 0 saturated heterocycles. The van der Waals surface area contributed by atoms with Crippen LogP contribution in [0, 0.1) is 0 Å². The van der Waals surface area contributed by atoms with E-state index in [1.54, 1.807) is 60.4 Å². The van der Waals surface area contributed by atoms with Gasteiger partial charge in [-0.05, 0) is 30.7 Å². The van der Waals surface area contributed by atoms with Crippen molar-refractivity contribution in [3.8, 4) is 0 Å². The number of anilines is 3. The fourth-order valence-electron chi connectivity index (χ4n) is 3.45. The van der Waals surface area contributed by atoms with E-state index in [0.717, 1.165) is 4.90 Å². The van der Waals surface area contributed by atoms with Gasteiger partial charge in [0.1, 0.15) is 0 Å². The van der Waals surface area contributed by atoms with Crippen LogP contribution in [0.1, 0.15) is 6.42 Å². The van der Waals surface area contributed by atoms with E-state index in [0.29, 0.717) is 38.3 Å². The van der Waals surface area contributed by atoms with Gasteiger partial charge < -0.3 is 15.5 Å². The van der Waals surface area contributed by atoms with Crippen molar-refractivity contribution in [1.82, 2.24) is 24.6 Å². The van der Waals surface area contributed by atoms with Crippen LogP contribution in [-0.2, 0) is 11.8 Å². The van der Waals surface area contributed by atoms with Crippen LogP contribution in [0.5, 0.6) is 0 Å². The third-order valence-corrected chi connectivity index (χ3v) is 5.80. The minimum Gasteiger partial charge on any atom is -0.336 e. The number of nitrogens with one attached hydrogen (secondary N) is 2. The molecule has 1 aliphatic heterocycles. The molecule has 4 rings (SSSR count). The highest BCUT2D eigenvalue weighted by atomic mass is 35.5. The lowest BCUT2D eigenvalue weighted by Gasteiger charge is -2.22. The molecule has 1 aliphatic rings. The fourth-order valence-corrected chi connectivity index (χ4v) is 3.95. The molecule has 3 heterocycles. The average Bonchev–Trinajstić information content (AvgIpc) is 3.13. The van der Waals surface area contributed by atoms with E-state index in [2.05, 4.69) is 25.7 Å². The van der Waals surface area contributed by atoms with Crippen LogP contribution in [0.4, 0.5) is 30.6 Å². The molecule has 8 nitrogen and oxygen atoms in total. The predicted octanol–water partition coefficient (Wildman–Crippen LogP) is 5.62. The van der Waals surface area contributed by atoms with E-state index in [1.807, 2.05) is 0 Å². The van der Waals surface area contributed by atoms with Crippen molar-refractivity contribution >= 4 is 57.6 Å². The molecular weight excluding hydrogens is 518 g/mol. The van der Waals surface area contributed by atoms with Crippen molar-refractivity contribution in [2.24, 2.45) is 7.05 Å². The number of allylic oxidation sites excluding steroid dienone is 3. The number of nitrogens with zero attached hydrogens (tertiary/aromatic N) is 5. The molecule has 13 heteroatoms. The Labute approximate surface area is 214 Å². The normalized spacial score (nSPS) is 17.8. The number of halogens is 5. The number of hydrogen-bond acceptors (Lipinski definition) is 6. The maximum Gasteiger partial charge on any atom is 0.471 e. The number of fused-ring (bicyclic) bond motifs is 1. The second-order valence-electron chi connectivity index (χ2n) is 7.74. The summed E-state index contributed by atoms with van der Waals surface area (Å²) in [6, 6.07) is 5.13. The Balaban J connectivity index is 1.55. The molecule has 0 atom stereocenters. The Bertz CT molecular complexity index is 1360. The standard InChI is InChI=1S/C23H20Cl2F3N7O/c1-34-20-15(19(33-34)31-18-16(24)9-5-10-17(18)25)13-29-22(32-20)30-14-7-3-2-4-11-35(12-6-8-14)21(36)23(26,27)28/h2-3,5-10,13H,4,11-12H2,1H3,(H,31,33)(H,29,30,32)/b3-2-,8-6-,14-7+. The summed E-state index contributed by atoms with van der Waals surface area (Å²) in [7, 11) is 1.72. The zero-order chi connectivity index (χ0) is 25.9. The van der Waals surface area contributed by atoms with Gasteiger partial charge in [-0.2, -0.15) is 23.3 Å². The van der Waals surface area contributed by atoms with Gasteiger partial charge in [0.05, 0.1) is 21.1 Å². The minimum atomic E-state index is -4.92. The zero-order valence-corrected chi connectivity index (χ0v) is 20.4. The van der Waals surface area contributed by atoms with Gasteiger partial charge in [-0.3, -0.25) is 4.79 Å². The lowest BCUT2D eigenvalue weighted by atomic mass is 10.2. The van der Waals surface area contributed by atoms with Crippen molar-refractivity contribution in [3.63, 3.8) is 0 Å². The summed E-state index contributed by atoms with van der Waals surface area (Å²) < 4.78 is 40.1. The lowest BCUT2D eigenvalue weighted by molar-refractivity contribution is -0.184. The lowest BCUT2D eigenvalue weighted by Crippen LogP contribution is -2.41. The molecule has 0 saturated carbocycles. The van der Waals surface area contributed by atoms with Crippen LogP contribution < -0.4 is 10.6 Å². The Morgan fingerprint density at radius 3 is 2.61 bits per heavy atom. The Kier molecular flexibility index (Phi) is 7.51. The highest BCUT2D eigenvalue weighted by Gasteiger charge is 2.41. The number of aromatic nitrogens is 4. The summed E-state index contributed by atoms with van der Waals surface area (Å²) >= 11 is 12.5. The molecule has 0 radical (unpaired) electrons. The highest BCUT2D eigenvalue weighted by Crippen LogP contribution is 2.34. The molecule has 0 spiro atoms. The third-order valence-electron chi connectivity index (χ3n) is 5.17. The quantitative estimate of drug-likeness (QED) is 0.449. The number of rotatable bonds is 4. The van der Waals surface area contributed by atoms with Crippen LogP contribution in [0.15, 0.2) is 60.5 Å². The Morgan fingerprint density at radius 2 is 1.89 bits per heavy atom. The fraction of sp³-hybridized carbons (Fsp3) is 0.217. The van der Waals surface area contributed by atoms with E-state index in [-0.39, 0.29) is 25.5 Å². The Morgan fingerprint density at radius 1 is 1.14 bits per heavy atom. The van der Waals surface area contributed by atoms with Crippen LogP contribution in [0.2, 0.25) is 10.0 Å². The van der Waals surface area contributed by atoms with Gasteiger partial charge in [0.2, 0.25) is 5.95 Å². The molecule has 1 aromatic carbocycles. The molecule has 0 aliphatic carbocycles. The number of para-hydroxylation sites is 1. The van der Waals surface area contributed by atoms with Crippen molar-refractivity contribution in [2.75, 3.05) is 23.7 Å². The van der Waals surface area contributed by atoms with Crippen LogP contribution in [0.25, 0.3) is 11.0 Å². The molecule has 1 amide bonds. The van der Waals surface area contributed by atoms with Crippen LogP contribution in [-0.4, -0.2) is 49.8 Å². The van der Waals surface area contributed by atoms with Gasteiger partial charge in [0, 0.05) is 32.0 Å². The summed E-state index contributed by atoms with van der Waals surface area (Å²) in [5.41, 5.74) is 1.54. The van der Waals surface area contributed by atoms with Gasteiger partial charge in [-0.1, -0.05) is 47.5 Å². The van der Waals surface area contributed by atoms with Gasteiger partial charge in [-0.25, -0.2) is 9.67 Å². The van der Waals surface area contributed by atoms with Gasteiger partial charge in [-0.15, -0.1) is 0 Å². The minimum absolute atomic E-state index is 0.0359. The summed E-state index contributed by atoms with van der Waals surface area (Å²) in [6.07, 6.45) is 5.08. The SMILES string of the molecule is Cn1nc(Nc2c(Cl)cccc2Cl)c2cnc(NC3=C/C=C\CCN(C(=O)C(F)(F)F)C/C=C\3)nc21. The maximum absolute atomic E-state index is 12.8. The first-order valence-electron chi connectivity index (χ1n) is 10.7. The number of amides is 1. The van der Waals surface area contributed by atoms with Crippen LogP contribution in [0.3, 0.4) is 0 Å². The molecule has 2 aromatic heterocycles. The molecule has 0 unspecified atom stereocenters. The smallest absolute Gasteiger partial charge is 0.336 e. The summed E-state index contributed by atoms with van der Waals surface area (Å²) in [4.78, 5) is 21.2. The molecule has 36 heavy (non-hydrogen) atoms. The Hall–Kier alpha value is -3.57. The zero-order valence-electron chi connectivity index (χ0n) is 18.9. The maximum atomic E-state index is 12.8. The topological polar surface area (TPSA) is 88.0 Å². The molecule has 0 fully saturated rings. The van der Waals surface area contributed by atoms with Gasteiger partial charge >= 0.3 is 12.1 Å². The molecule has 3 aromatic rings. The number of aryl methyl sites for hydroxylation is 1. The molecular formula is C23H20Cl2F3N7O. The van der Waals surface area contributed by atoms with Gasteiger partial charge in [0.25, 0.3) is 0 Å². The predicted molar refractivity (Wildman–Crippen MR) is 133 cm³/mol. The summed E-state index contributed by atoms with van der Waals surface area (Å²) in [5.74, 6) is -1.16. The molecule has 188 valence electrons. The average molecular weight is 538 g/mol. The number of hydrogen-bond donors (Lipinski definition) is 2. The van der Waals surface area contributed by atoms with Crippen molar-refractivity contribution in [2.45, 2.75) is 12.6 Å². The number of carbonyl (C=O) groups excluding carboxylic acids is 1.